The third-order valence-corrected chi connectivity index (χ3v) is 4.63. The number of halogens is 1. The second-order valence-electron chi connectivity index (χ2n) is 4.25. The number of nitrogens with two attached hydrogens (primary N) is 1. The van der Waals surface area contributed by atoms with Crippen LogP contribution in [-0.4, -0.2) is 43.8 Å². The van der Waals surface area contributed by atoms with Gasteiger partial charge in [-0.3, -0.25) is 10.6 Å². The molecular weight excluding hydrogens is 273 g/mol. The van der Waals surface area contributed by atoms with E-state index >= 15 is 0 Å². The molecule has 1 aliphatic heterocycles. The zero-order chi connectivity index (χ0) is 14.0. The van der Waals surface area contributed by atoms with Gasteiger partial charge in [0.1, 0.15) is 5.82 Å². The van der Waals surface area contributed by atoms with E-state index in [9.17, 15) is 17.6 Å². The van der Waals surface area contributed by atoms with Gasteiger partial charge >= 0.3 is 0 Å². The number of benzene rings is 1. The van der Waals surface area contributed by atoms with Crippen LogP contribution in [0.5, 0.6) is 0 Å². The van der Waals surface area contributed by atoms with Crippen LogP contribution in [0.1, 0.15) is 10.4 Å². The molecule has 104 valence electrons. The van der Waals surface area contributed by atoms with Gasteiger partial charge in [0.2, 0.25) is 0 Å². The Kier molecular flexibility index (Phi) is 3.72. The number of para-hydroxylation sites is 1. The molecule has 1 fully saturated rings. The Morgan fingerprint density at radius 3 is 2.53 bits per heavy atom. The lowest BCUT2D eigenvalue weighted by Crippen LogP contribution is -2.44. The summed E-state index contributed by atoms with van der Waals surface area (Å²) in [7, 11) is -3.06. The minimum Gasteiger partial charge on any atom is -0.337 e. The van der Waals surface area contributed by atoms with Gasteiger partial charge in [-0.05, 0) is 12.1 Å². The number of carbonyl (C=O) groups is 1. The van der Waals surface area contributed by atoms with Gasteiger partial charge in [0.25, 0.3) is 5.91 Å². The lowest BCUT2D eigenvalue weighted by Gasteiger charge is -2.27. The molecule has 1 heterocycles. The zero-order valence-electron chi connectivity index (χ0n) is 10.1. The number of nitrogens with zero attached hydrogens (tertiary/aromatic N) is 1. The van der Waals surface area contributed by atoms with Crippen molar-refractivity contribution in [1.82, 2.24) is 4.90 Å². The standard InChI is InChI=1S/C11H14FN3O3S/c12-9-3-1-2-8(10(9)14-13)11(16)15-4-6-19(17,18)7-5-15/h1-3,14H,4-7,13H2. The summed E-state index contributed by atoms with van der Waals surface area (Å²) in [5.41, 5.74) is 2.18. The summed E-state index contributed by atoms with van der Waals surface area (Å²) >= 11 is 0. The second kappa shape index (κ2) is 5.14. The van der Waals surface area contributed by atoms with E-state index in [4.69, 9.17) is 5.84 Å². The fourth-order valence-corrected chi connectivity index (χ4v) is 3.14. The molecule has 8 heteroatoms. The minimum atomic E-state index is -3.06. The number of rotatable bonds is 2. The Bertz CT molecular complexity index is 589. The van der Waals surface area contributed by atoms with E-state index in [-0.39, 0.29) is 35.8 Å². The van der Waals surface area contributed by atoms with Crippen LogP contribution in [0.25, 0.3) is 0 Å². The fraction of sp³-hybridized carbons (Fsp3) is 0.364. The quantitative estimate of drug-likeness (QED) is 0.589. The average molecular weight is 287 g/mol. The van der Waals surface area contributed by atoms with Gasteiger partial charge in [-0.25, -0.2) is 12.8 Å². The maximum Gasteiger partial charge on any atom is 0.256 e. The fourth-order valence-electron chi connectivity index (χ4n) is 1.93. The molecule has 1 aromatic carbocycles. The molecule has 0 saturated carbocycles. The van der Waals surface area contributed by atoms with Crippen LogP contribution in [0.2, 0.25) is 0 Å². The van der Waals surface area contributed by atoms with Crippen molar-refractivity contribution in [2.24, 2.45) is 5.84 Å². The average Bonchev–Trinajstić information content (AvgIpc) is 2.37. The molecule has 1 amide bonds. The molecule has 6 nitrogen and oxygen atoms in total. The molecule has 2 rings (SSSR count). The van der Waals surface area contributed by atoms with Crippen molar-refractivity contribution >= 4 is 21.4 Å². The summed E-state index contributed by atoms with van der Waals surface area (Å²) in [6, 6.07) is 4.04. The monoisotopic (exact) mass is 287 g/mol. The molecule has 0 aliphatic carbocycles. The maximum atomic E-state index is 13.5. The first-order valence-corrected chi connectivity index (χ1v) is 7.51. The molecule has 1 saturated heterocycles. The van der Waals surface area contributed by atoms with E-state index in [1.165, 1.54) is 23.1 Å². The molecule has 1 aromatic rings. The number of hydrogen-bond acceptors (Lipinski definition) is 5. The maximum absolute atomic E-state index is 13.5. The predicted molar refractivity (Wildman–Crippen MR) is 68.8 cm³/mol. The summed E-state index contributed by atoms with van der Waals surface area (Å²) in [4.78, 5) is 13.6. The number of carbonyl (C=O) groups excluding carboxylic acids is 1. The Hall–Kier alpha value is -1.67. The first kappa shape index (κ1) is 13.8. The normalized spacial score (nSPS) is 18.1. The molecule has 3 N–H and O–H groups in total. The highest BCUT2D eigenvalue weighted by atomic mass is 32.2. The van der Waals surface area contributed by atoms with Crippen LogP contribution in [-0.2, 0) is 9.84 Å². The first-order valence-electron chi connectivity index (χ1n) is 5.69. The van der Waals surface area contributed by atoms with Crippen LogP contribution in [0.4, 0.5) is 10.1 Å². The second-order valence-corrected chi connectivity index (χ2v) is 6.55. The molecule has 0 unspecified atom stereocenters. The highest BCUT2D eigenvalue weighted by Gasteiger charge is 2.27. The third-order valence-electron chi connectivity index (χ3n) is 3.02. The number of amides is 1. The minimum absolute atomic E-state index is 0.0700. The van der Waals surface area contributed by atoms with E-state index in [1.807, 2.05) is 0 Å². The number of anilines is 1. The van der Waals surface area contributed by atoms with E-state index in [0.717, 1.165) is 0 Å². The van der Waals surface area contributed by atoms with Crippen LogP contribution in [0.3, 0.4) is 0 Å². The zero-order valence-corrected chi connectivity index (χ0v) is 10.9. The number of hydrazine groups is 1. The van der Waals surface area contributed by atoms with Crippen LogP contribution >= 0.6 is 0 Å². The van der Waals surface area contributed by atoms with Crippen molar-refractivity contribution in [3.05, 3.63) is 29.6 Å². The summed E-state index contributed by atoms with van der Waals surface area (Å²) in [6.45, 7) is 0.226. The van der Waals surface area contributed by atoms with Crippen LogP contribution in [0, 0.1) is 5.82 Å². The number of nitrogens with one attached hydrogen (secondary N) is 1. The molecule has 0 atom stereocenters. The van der Waals surface area contributed by atoms with Crippen molar-refractivity contribution in [3.63, 3.8) is 0 Å². The lowest BCUT2D eigenvalue weighted by atomic mass is 10.1. The van der Waals surface area contributed by atoms with E-state index in [1.54, 1.807) is 0 Å². The molecule has 0 aromatic heterocycles. The van der Waals surface area contributed by atoms with Gasteiger partial charge in [0.05, 0.1) is 22.8 Å². The molecular formula is C11H14FN3O3S. The summed E-state index contributed by atoms with van der Waals surface area (Å²) < 4.78 is 36.1. The third kappa shape index (κ3) is 2.85. The van der Waals surface area contributed by atoms with Gasteiger partial charge in [0, 0.05) is 13.1 Å². The smallest absolute Gasteiger partial charge is 0.256 e. The van der Waals surface area contributed by atoms with Gasteiger partial charge in [-0.2, -0.15) is 0 Å². The summed E-state index contributed by atoms with van der Waals surface area (Å²) in [5, 5.41) is 0. The Balaban J connectivity index is 2.24. The SMILES string of the molecule is NNc1c(F)cccc1C(=O)N1CCS(=O)(=O)CC1. The van der Waals surface area contributed by atoms with Crippen molar-refractivity contribution in [1.29, 1.82) is 0 Å². The van der Waals surface area contributed by atoms with Crippen molar-refractivity contribution in [3.8, 4) is 0 Å². The Morgan fingerprint density at radius 2 is 1.95 bits per heavy atom. The lowest BCUT2D eigenvalue weighted by molar-refractivity contribution is 0.0771. The van der Waals surface area contributed by atoms with Gasteiger partial charge in [-0.1, -0.05) is 6.07 Å². The van der Waals surface area contributed by atoms with Crippen LogP contribution < -0.4 is 11.3 Å². The molecule has 19 heavy (non-hydrogen) atoms. The number of sulfone groups is 1. The molecule has 0 radical (unpaired) electrons. The Morgan fingerprint density at radius 1 is 1.32 bits per heavy atom. The van der Waals surface area contributed by atoms with Crippen molar-refractivity contribution in [2.45, 2.75) is 0 Å². The summed E-state index contributed by atoms with van der Waals surface area (Å²) in [6.07, 6.45) is 0. The number of nitrogen functional groups attached to an aromatic ring is 1. The molecule has 0 bridgehead atoms. The topological polar surface area (TPSA) is 92.5 Å². The van der Waals surface area contributed by atoms with Crippen LogP contribution in [0.15, 0.2) is 18.2 Å². The first-order chi connectivity index (χ1) is 8.94. The highest BCUT2D eigenvalue weighted by Crippen LogP contribution is 2.21. The Labute approximate surface area is 110 Å². The van der Waals surface area contributed by atoms with E-state index in [2.05, 4.69) is 5.43 Å². The van der Waals surface area contributed by atoms with Gasteiger partial charge in [0.15, 0.2) is 9.84 Å². The number of hydrogen-bond donors (Lipinski definition) is 2. The van der Waals surface area contributed by atoms with Crippen molar-refractivity contribution < 1.29 is 17.6 Å². The van der Waals surface area contributed by atoms with E-state index in [0.29, 0.717) is 0 Å². The highest BCUT2D eigenvalue weighted by molar-refractivity contribution is 7.91. The van der Waals surface area contributed by atoms with Crippen molar-refractivity contribution in [2.75, 3.05) is 30.0 Å². The molecule has 0 spiro atoms. The molecule has 1 aliphatic rings. The van der Waals surface area contributed by atoms with Gasteiger partial charge in [-0.15, -0.1) is 0 Å². The summed E-state index contributed by atoms with van der Waals surface area (Å²) in [5.74, 6) is 4.01. The predicted octanol–water partition coefficient (Wildman–Crippen LogP) is -0.0181. The van der Waals surface area contributed by atoms with E-state index < -0.39 is 21.6 Å². The largest absolute Gasteiger partial charge is 0.337 e. The van der Waals surface area contributed by atoms with Gasteiger partial charge < -0.3 is 10.3 Å².